The monoisotopic (exact) mass is 248 g/mol. The van der Waals surface area contributed by atoms with Gasteiger partial charge in [0, 0.05) is 6.04 Å². The topological polar surface area (TPSA) is 47.3 Å². The minimum atomic E-state index is 0.364. The van der Waals surface area contributed by atoms with Crippen molar-refractivity contribution in [2.24, 2.45) is 11.8 Å². The van der Waals surface area contributed by atoms with E-state index in [1.54, 1.807) is 7.11 Å². The summed E-state index contributed by atoms with van der Waals surface area (Å²) in [4.78, 5) is 0. The van der Waals surface area contributed by atoms with Gasteiger partial charge in [0.25, 0.3) is 0 Å². The molecule has 1 atom stereocenters. The van der Waals surface area contributed by atoms with Crippen LogP contribution in [-0.2, 0) is 6.42 Å². The van der Waals surface area contributed by atoms with Crippen molar-refractivity contribution in [2.45, 2.75) is 45.1 Å². The number of hydrogen-bond acceptors (Lipinski definition) is 3. The molecular formula is C15H24N2O. The van der Waals surface area contributed by atoms with Crippen LogP contribution >= 0.6 is 0 Å². The van der Waals surface area contributed by atoms with Crippen LogP contribution in [0.2, 0.25) is 0 Å². The van der Waals surface area contributed by atoms with Crippen molar-refractivity contribution in [1.82, 2.24) is 5.43 Å². The molecule has 3 nitrogen and oxygen atoms in total. The van der Waals surface area contributed by atoms with Gasteiger partial charge in [0.15, 0.2) is 0 Å². The summed E-state index contributed by atoms with van der Waals surface area (Å²) in [6.45, 7) is 2.11. The predicted molar refractivity (Wildman–Crippen MR) is 74.5 cm³/mol. The van der Waals surface area contributed by atoms with Crippen molar-refractivity contribution >= 4 is 0 Å². The first kappa shape index (κ1) is 13.4. The maximum Gasteiger partial charge on any atom is 0.122 e. The molecule has 0 bridgehead atoms. The van der Waals surface area contributed by atoms with E-state index in [1.165, 1.54) is 36.8 Å². The van der Waals surface area contributed by atoms with Crippen molar-refractivity contribution in [2.75, 3.05) is 7.11 Å². The quantitative estimate of drug-likeness (QED) is 0.622. The molecule has 1 aliphatic carbocycles. The summed E-state index contributed by atoms with van der Waals surface area (Å²) in [5.41, 5.74) is 5.54. The smallest absolute Gasteiger partial charge is 0.122 e. The Morgan fingerprint density at radius 2 is 2.11 bits per heavy atom. The predicted octanol–water partition coefficient (Wildman–Crippen LogP) is 2.57. The zero-order valence-corrected chi connectivity index (χ0v) is 11.4. The molecule has 18 heavy (non-hydrogen) atoms. The molecule has 0 amide bonds. The van der Waals surface area contributed by atoms with Crippen LogP contribution in [0.5, 0.6) is 5.75 Å². The van der Waals surface area contributed by atoms with Gasteiger partial charge < -0.3 is 4.74 Å². The van der Waals surface area contributed by atoms with E-state index < -0.39 is 0 Å². The number of hydrogen-bond donors (Lipinski definition) is 2. The van der Waals surface area contributed by atoms with Gasteiger partial charge in [-0.3, -0.25) is 11.3 Å². The van der Waals surface area contributed by atoms with Gasteiger partial charge in [-0.1, -0.05) is 30.5 Å². The van der Waals surface area contributed by atoms with Crippen molar-refractivity contribution in [3.63, 3.8) is 0 Å². The second-order valence-electron chi connectivity index (χ2n) is 5.34. The van der Waals surface area contributed by atoms with Gasteiger partial charge in [-0.05, 0) is 43.7 Å². The molecule has 2 rings (SSSR count). The van der Waals surface area contributed by atoms with Gasteiger partial charge in [0.1, 0.15) is 5.75 Å². The van der Waals surface area contributed by atoms with Crippen LogP contribution in [0.1, 0.15) is 36.8 Å². The molecule has 0 radical (unpaired) electrons. The summed E-state index contributed by atoms with van der Waals surface area (Å²) in [7, 11) is 1.73. The molecule has 100 valence electrons. The number of hydrazine groups is 1. The second kappa shape index (κ2) is 6.21. The normalized spacial score (nSPS) is 17.9. The minimum absolute atomic E-state index is 0.364. The van der Waals surface area contributed by atoms with Gasteiger partial charge in [-0.2, -0.15) is 0 Å². The number of benzene rings is 1. The van der Waals surface area contributed by atoms with Crippen molar-refractivity contribution in [1.29, 1.82) is 0 Å². The van der Waals surface area contributed by atoms with Crippen molar-refractivity contribution in [3.8, 4) is 5.75 Å². The van der Waals surface area contributed by atoms with Crippen LogP contribution in [0.25, 0.3) is 0 Å². The highest BCUT2D eigenvalue weighted by atomic mass is 16.5. The Labute approximate surface area is 110 Å². The van der Waals surface area contributed by atoms with Gasteiger partial charge >= 0.3 is 0 Å². The van der Waals surface area contributed by atoms with E-state index in [2.05, 4.69) is 24.5 Å². The summed E-state index contributed by atoms with van der Waals surface area (Å²) in [5.74, 6) is 7.42. The van der Waals surface area contributed by atoms with E-state index in [0.29, 0.717) is 12.0 Å². The van der Waals surface area contributed by atoms with Gasteiger partial charge in [-0.15, -0.1) is 0 Å². The molecular weight excluding hydrogens is 224 g/mol. The maximum atomic E-state index is 5.74. The molecule has 1 saturated carbocycles. The fraction of sp³-hybridized carbons (Fsp3) is 0.600. The van der Waals surface area contributed by atoms with Gasteiger partial charge in [0.05, 0.1) is 7.11 Å². The summed E-state index contributed by atoms with van der Waals surface area (Å²) >= 11 is 0. The highest BCUT2D eigenvalue weighted by molar-refractivity contribution is 5.37. The van der Waals surface area contributed by atoms with Crippen LogP contribution in [0, 0.1) is 12.8 Å². The number of rotatable bonds is 5. The highest BCUT2D eigenvalue weighted by Gasteiger charge is 2.25. The third-order valence-electron chi connectivity index (χ3n) is 4.06. The Bertz CT molecular complexity index is 386. The van der Waals surface area contributed by atoms with Crippen LogP contribution < -0.4 is 16.0 Å². The first-order valence-electron chi connectivity index (χ1n) is 6.84. The molecule has 0 spiro atoms. The molecule has 0 saturated heterocycles. The van der Waals surface area contributed by atoms with E-state index in [1.807, 2.05) is 6.07 Å². The zero-order chi connectivity index (χ0) is 13.0. The van der Waals surface area contributed by atoms with Gasteiger partial charge in [-0.25, -0.2) is 0 Å². The summed E-state index contributed by atoms with van der Waals surface area (Å²) in [6.07, 6.45) is 6.22. The van der Waals surface area contributed by atoms with E-state index in [-0.39, 0.29) is 0 Å². The van der Waals surface area contributed by atoms with Gasteiger partial charge in [0.2, 0.25) is 0 Å². The summed E-state index contributed by atoms with van der Waals surface area (Å²) in [5, 5.41) is 0. The second-order valence-corrected chi connectivity index (χ2v) is 5.34. The lowest BCUT2D eigenvalue weighted by molar-refractivity contribution is 0.352. The average molecular weight is 248 g/mol. The fourth-order valence-corrected chi connectivity index (χ4v) is 3.03. The minimum Gasteiger partial charge on any atom is -0.496 e. The molecule has 0 heterocycles. The molecule has 3 N–H and O–H groups in total. The van der Waals surface area contributed by atoms with Crippen LogP contribution in [0.15, 0.2) is 18.2 Å². The van der Waals surface area contributed by atoms with Crippen molar-refractivity contribution in [3.05, 3.63) is 29.3 Å². The van der Waals surface area contributed by atoms with E-state index in [4.69, 9.17) is 10.6 Å². The number of methoxy groups -OCH3 is 1. The lowest BCUT2D eigenvalue weighted by Gasteiger charge is -2.23. The molecule has 1 aromatic rings. The molecule has 1 aliphatic rings. The van der Waals surface area contributed by atoms with E-state index in [9.17, 15) is 0 Å². The zero-order valence-electron chi connectivity index (χ0n) is 11.4. The van der Waals surface area contributed by atoms with Crippen LogP contribution in [0.4, 0.5) is 0 Å². The number of ether oxygens (including phenoxy) is 1. The molecule has 1 fully saturated rings. The highest BCUT2D eigenvalue weighted by Crippen LogP contribution is 2.30. The standard InChI is InChI=1S/C15H24N2O/c1-11-7-8-15(18-2)13(9-11)10-14(17-16)12-5-3-4-6-12/h7-9,12,14,17H,3-6,10,16H2,1-2H3. The van der Waals surface area contributed by atoms with Crippen LogP contribution in [-0.4, -0.2) is 13.2 Å². The number of aryl methyl sites for hydroxylation is 1. The largest absolute Gasteiger partial charge is 0.496 e. The summed E-state index contributed by atoms with van der Waals surface area (Å²) in [6, 6.07) is 6.71. The lowest BCUT2D eigenvalue weighted by atomic mass is 9.92. The maximum absolute atomic E-state index is 5.74. The van der Waals surface area contributed by atoms with E-state index in [0.717, 1.165) is 12.2 Å². The Balaban J connectivity index is 2.12. The molecule has 0 aliphatic heterocycles. The number of nitrogens with one attached hydrogen (secondary N) is 1. The first-order valence-corrected chi connectivity index (χ1v) is 6.84. The third kappa shape index (κ3) is 3.03. The fourth-order valence-electron chi connectivity index (χ4n) is 3.03. The molecule has 3 heteroatoms. The molecule has 1 aromatic carbocycles. The molecule has 0 aromatic heterocycles. The Kier molecular flexibility index (Phi) is 4.61. The third-order valence-corrected chi connectivity index (χ3v) is 4.06. The Morgan fingerprint density at radius 1 is 1.39 bits per heavy atom. The Hall–Kier alpha value is -1.06. The van der Waals surface area contributed by atoms with Crippen LogP contribution in [0.3, 0.4) is 0 Å². The van der Waals surface area contributed by atoms with Crippen molar-refractivity contribution < 1.29 is 4.74 Å². The first-order chi connectivity index (χ1) is 8.74. The molecule has 1 unspecified atom stereocenters. The van der Waals surface area contributed by atoms with E-state index >= 15 is 0 Å². The SMILES string of the molecule is COc1ccc(C)cc1CC(NN)C1CCCC1. The summed E-state index contributed by atoms with van der Waals surface area (Å²) < 4.78 is 5.44. The average Bonchev–Trinajstić information content (AvgIpc) is 2.90. The Morgan fingerprint density at radius 3 is 2.72 bits per heavy atom. The number of nitrogens with two attached hydrogens (primary N) is 1. The lowest BCUT2D eigenvalue weighted by Crippen LogP contribution is -2.41.